The van der Waals surface area contributed by atoms with Gasteiger partial charge in [-0.15, -0.1) is 0 Å². The maximum absolute atomic E-state index is 13.8. The Hall–Kier alpha value is -3.05. The Morgan fingerprint density at radius 1 is 1.15 bits per heavy atom. The van der Waals surface area contributed by atoms with E-state index in [1.165, 1.54) is 20.1 Å². The van der Waals surface area contributed by atoms with E-state index in [1.54, 1.807) is 26.2 Å². The van der Waals surface area contributed by atoms with Gasteiger partial charge in [-0.3, -0.25) is 4.79 Å². The number of hydrogen-bond acceptors (Lipinski definition) is 5. The topological polar surface area (TPSA) is 95.7 Å². The highest BCUT2D eigenvalue weighted by atomic mass is 32.2. The monoisotopic (exact) mass is 478 g/mol. The Kier molecular flexibility index (Phi) is 5.65. The number of fused-ring (bicyclic) bond motifs is 1. The van der Waals surface area contributed by atoms with Crippen molar-refractivity contribution >= 4 is 26.8 Å². The number of nitrogens with zero attached hydrogens (tertiary/aromatic N) is 4. The van der Waals surface area contributed by atoms with E-state index in [0.717, 1.165) is 24.0 Å². The lowest BCUT2D eigenvalue weighted by Gasteiger charge is -2.41. The fraction of sp³-hybridized carbons (Fsp3) is 0.364. The van der Waals surface area contributed by atoms with Crippen LogP contribution in [0.15, 0.2) is 36.5 Å². The largest absolute Gasteiger partial charge is 0.505 e. The number of phenols is 1. The summed E-state index contributed by atoms with van der Waals surface area (Å²) in [4.78, 5) is 14.8. The fourth-order valence-electron chi connectivity index (χ4n) is 4.47. The van der Waals surface area contributed by atoms with Gasteiger partial charge in [0.25, 0.3) is 0 Å². The van der Waals surface area contributed by atoms with Crippen LogP contribution in [0.5, 0.6) is 5.75 Å². The number of carbonyl (C=O) groups is 1. The minimum atomic E-state index is -3.36. The van der Waals surface area contributed by atoms with E-state index in [4.69, 9.17) is 0 Å². The Bertz CT molecular complexity index is 1320. The molecule has 0 atom stereocenters. The normalized spacial score (nSPS) is 16.8. The molecular formula is C22H24F2N4O4S. The van der Waals surface area contributed by atoms with Crippen LogP contribution in [0, 0.1) is 11.6 Å². The van der Waals surface area contributed by atoms with Crippen LogP contribution in [0.25, 0.3) is 16.6 Å². The highest BCUT2D eigenvalue weighted by Crippen LogP contribution is 2.39. The maximum Gasteiger partial charge on any atom is 0.232 e. The molecular weight excluding hydrogens is 454 g/mol. The van der Waals surface area contributed by atoms with Crippen molar-refractivity contribution in [1.82, 2.24) is 19.0 Å². The lowest BCUT2D eigenvalue weighted by molar-refractivity contribution is -0.136. The van der Waals surface area contributed by atoms with Crippen molar-refractivity contribution in [1.29, 1.82) is 0 Å². The zero-order chi connectivity index (χ0) is 24.1. The van der Waals surface area contributed by atoms with E-state index in [1.807, 2.05) is 6.07 Å². The van der Waals surface area contributed by atoms with E-state index in [9.17, 15) is 27.1 Å². The number of amides is 1. The van der Waals surface area contributed by atoms with Gasteiger partial charge < -0.3 is 10.0 Å². The molecule has 0 aliphatic carbocycles. The van der Waals surface area contributed by atoms with E-state index in [-0.39, 0.29) is 24.7 Å². The number of rotatable bonds is 4. The Morgan fingerprint density at radius 3 is 2.39 bits per heavy atom. The van der Waals surface area contributed by atoms with E-state index < -0.39 is 32.8 Å². The first kappa shape index (κ1) is 23.1. The van der Waals surface area contributed by atoms with Gasteiger partial charge in [0, 0.05) is 44.7 Å². The van der Waals surface area contributed by atoms with Gasteiger partial charge in [0.1, 0.15) is 0 Å². The number of phenolic OH excluding ortho intramolecular Hbond substituents is 1. The number of piperidine rings is 1. The zero-order valence-corrected chi connectivity index (χ0v) is 19.2. The number of aromatic hydroxyl groups is 1. The van der Waals surface area contributed by atoms with Crippen LogP contribution < -0.4 is 0 Å². The molecule has 1 aromatic heterocycles. The number of hydrogen-bond donors (Lipinski definition) is 1. The van der Waals surface area contributed by atoms with E-state index in [0.29, 0.717) is 23.7 Å². The molecule has 33 heavy (non-hydrogen) atoms. The summed E-state index contributed by atoms with van der Waals surface area (Å²) in [5, 5.41) is 14.6. The number of halogens is 2. The van der Waals surface area contributed by atoms with Crippen LogP contribution in [0.3, 0.4) is 0 Å². The predicted molar refractivity (Wildman–Crippen MR) is 119 cm³/mol. The number of benzene rings is 2. The van der Waals surface area contributed by atoms with Gasteiger partial charge in [-0.25, -0.2) is 21.8 Å². The summed E-state index contributed by atoms with van der Waals surface area (Å²) in [6.45, 7) is 0.452. The SMILES string of the molecule is CN(C)C(=O)C1(c2ccc3c(cnn3-c3cc(O)c(F)c(F)c3)c2)CCN(S(C)(=O)=O)CC1. The molecule has 1 N–H and O–H groups in total. The van der Waals surface area contributed by atoms with Gasteiger partial charge in [0.2, 0.25) is 15.9 Å². The van der Waals surface area contributed by atoms with Crippen molar-refractivity contribution in [3.8, 4) is 11.4 Å². The minimum absolute atomic E-state index is 0.118. The molecule has 11 heteroatoms. The van der Waals surface area contributed by atoms with E-state index in [2.05, 4.69) is 5.10 Å². The quantitative estimate of drug-likeness (QED) is 0.621. The van der Waals surface area contributed by atoms with Crippen molar-refractivity contribution in [2.45, 2.75) is 18.3 Å². The number of likely N-dealkylation sites (N-methyl/N-ethyl adjacent to an activating group) is 1. The first-order chi connectivity index (χ1) is 15.4. The molecule has 4 rings (SSSR count). The summed E-state index contributed by atoms with van der Waals surface area (Å²) >= 11 is 0. The van der Waals surface area contributed by atoms with Crippen molar-refractivity contribution in [2.75, 3.05) is 33.4 Å². The van der Waals surface area contributed by atoms with Gasteiger partial charge in [-0.2, -0.15) is 9.49 Å². The Labute approximate surface area is 190 Å². The molecule has 1 amide bonds. The molecule has 1 saturated heterocycles. The van der Waals surface area contributed by atoms with Gasteiger partial charge in [0.05, 0.1) is 29.1 Å². The van der Waals surface area contributed by atoms with Gasteiger partial charge in [-0.1, -0.05) is 6.07 Å². The molecule has 1 aliphatic rings. The molecule has 3 aromatic rings. The van der Waals surface area contributed by atoms with Crippen molar-refractivity contribution in [3.05, 3.63) is 53.7 Å². The van der Waals surface area contributed by atoms with Crippen LogP contribution in [-0.4, -0.2) is 71.9 Å². The third-order valence-electron chi connectivity index (χ3n) is 6.22. The van der Waals surface area contributed by atoms with Crippen LogP contribution in [0.4, 0.5) is 8.78 Å². The molecule has 1 aliphatic heterocycles. The average molecular weight is 479 g/mol. The summed E-state index contributed by atoms with van der Waals surface area (Å²) in [6, 6.07) is 7.33. The van der Waals surface area contributed by atoms with Crippen LogP contribution in [-0.2, 0) is 20.2 Å². The Balaban J connectivity index is 1.77. The second-order valence-electron chi connectivity index (χ2n) is 8.53. The highest BCUT2D eigenvalue weighted by Gasteiger charge is 2.45. The highest BCUT2D eigenvalue weighted by molar-refractivity contribution is 7.88. The van der Waals surface area contributed by atoms with E-state index >= 15 is 0 Å². The lowest BCUT2D eigenvalue weighted by atomic mass is 9.72. The fourth-order valence-corrected chi connectivity index (χ4v) is 5.32. The molecule has 176 valence electrons. The second kappa shape index (κ2) is 8.07. The third-order valence-corrected chi connectivity index (χ3v) is 7.52. The zero-order valence-electron chi connectivity index (χ0n) is 18.4. The summed E-state index contributed by atoms with van der Waals surface area (Å²) in [6.07, 6.45) is 3.35. The molecule has 0 saturated carbocycles. The van der Waals surface area contributed by atoms with Crippen LogP contribution in [0.2, 0.25) is 0 Å². The summed E-state index contributed by atoms with van der Waals surface area (Å²) in [5.74, 6) is -3.47. The minimum Gasteiger partial charge on any atom is -0.505 e. The number of aromatic nitrogens is 2. The lowest BCUT2D eigenvalue weighted by Crippen LogP contribution is -2.52. The molecule has 1 fully saturated rings. The van der Waals surface area contributed by atoms with Crippen molar-refractivity contribution in [2.24, 2.45) is 0 Å². The molecule has 2 aromatic carbocycles. The van der Waals surface area contributed by atoms with Crippen molar-refractivity contribution in [3.63, 3.8) is 0 Å². The number of sulfonamides is 1. The number of carbonyl (C=O) groups excluding carboxylic acids is 1. The van der Waals surface area contributed by atoms with Crippen LogP contribution >= 0.6 is 0 Å². The van der Waals surface area contributed by atoms with Crippen molar-refractivity contribution < 1.29 is 27.1 Å². The average Bonchev–Trinajstić information content (AvgIpc) is 3.19. The van der Waals surface area contributed by atoms with Gasteiger partial charge >= 0.3 is 0 Å². The Morgan fingerprint density at radius 2 is 1.82 bits per heavy atom. The summed E-state index contributed by atoms with van der Waals surface area (Å²) in [7, 11) is -0.0274. The predicted octanol–water partition coefficient (Wildman–Crippen LogP) is 2.39. The molecule has 8 nitrogen and oxygen atoms in total. The summed E-state index contributed by atoms with van der Waals surface area (Å²) in [5.41, 5.74) is 0.552. The molecule has 0 spiro atoms. The van der Waals surface area contributed by atoms with Crippen LogP contribution in [0.1, 0.15) is 18.4 Å². The molecule has 2 heterocycles. The molecule has 0 bridgehead atoms. The third kappa shape index (κ3) is 3.95. The first-order valence-corrected chi connectivity index (χ1v) is 12.1. The standard InChI is InChI=1S/C22H24F2N4O4S/c1-26(2)21(30)22(6-8-27(9-7-22)33(3,31)32)15-4-5-18-14(10-15)13-25-28(18)16-11-17(23)20(24)19(29)12-16/h4-5,10-13,29H,6-9H2,1-3H3. The second-order valence-corrected chi connectivity index (χ2v) is 10.5. The van der Waals surface area contributed by atoms with Gasteiger partial charge in [-0.05, 0) is 30.5 Å². The molecule has 0 radical (unpaired) electrons. The first-order valence-electron chi connectivity index (χ1n) is 10.3. The van der Waals surface area contributed by atoms with Gasteiger partial charge in [0.15, 0.2) is 17.4 Å². The smallest absolute Gasteiger partial charge is 0.232 e. The molecule has 0 unspecified atom stereocenters. The summed E-state index contributed by atoms with van der Waals surface area (Å²) < 4.78 is 54.0. The maximum atomic E-state index is 13.8.